The highest BCUT2D eigenvalue weighted by Crippen LogP contribution is 2.16. The normalized spacial score (nSPS) is 18.0. The fourth-order valence-electron chi connectivity index (χ4n) is 3.05. The lowest BCUT2D eigenvalue weighted by Crippen LogP contribution is -2.49. The van der Waals surface area contributed by atoms with E-state index in [0.29, 0.717) is 13.2 Å². The number of ether oxygens (including phenoxy) is 1. The van der Waals surface area contributed by atoms with Gasteiger partial charge in [-0.2, -0.15) is 4.72 Å². The van der Waals surface area contributed by atoms with Crippen molar-refractivity contribution in [3.05, 3.63) is 64.6 Å². The molecule has 3 rings (SSSR count). The van der Waals surface area contributed by atoms with Crippen molar-refractivity contribution in [2.45, 2.75) is 36.3 Å². The average Bonchev–Trinajstić information content (AvgIpc) is 3.20. The van der Waals surface area contributed by atoms with E-state index in [0.717, 1.165) is 22.9 Å². The van der Waals surface area contributed by atoms with E-state index >= 15 is 0 Å². The number of halogens is 1. The maximum atomic E-state index is 12.8. The van der Waals surface area contributed by atoms with Crippen molar-refractivity contribution >= 4 is 31.9 Å². The van der Waals surface area contributed by atoms with Crippen LogP contribution < -0.4 is 10.0 Å². The molecule has 150 valence electrons. The molecule has 0 aliphatic carbocycles. The molecule has 8 heteroatoms. The van der Waals surface area contributed by atoms with Gasteiger partial charge in [0.2, 0.25) is 15.9 Å². The summed E-state index contributed by atoms with van der Waals surface area (Å²) in [5.74, 6) is -0.361. The van der Waals surface area contributed by atoms with Crippen LogP contribution in [0.4, 0.5) is 0 Å². The van der Waals surface area contributed by atoms with E-state index in [1.165, 1.54) is 12.1 Å². The van der Waals surface area contributed by atoms with Crippen LogP contribution in [0.1, 0.15) is 18.4 Å². The quantitative estimate of drug-likeness (QED) is 0.626. The Balaban J connectivity index is 1.74. The van der Waals surface area contributed by atoms with Gasteiger partial charge in [-0.1, -0.05) is 46.3 Å². The first kappa shape index (κ1) is 21.0. The number of benzene rings is 2. The van der Waals surface area contributed by atoms with Gasteiger partial charge >= 0.3 is 0 Å². The van der Waals surface area contributed by atoms with Crippen LogP contribution in [0.15, 0.2) is 64.0 Å². The van der Waals surface area contributed by atoms with Crippen molar-refractivity contribution in [1.29, 1.82) is 0 Å². The first-order valence-corrected chi connectivity index (χ1v) is 11.4. The van der Waals surface area contributed by atoms with Gasteiger partial charge in [0.15, 0.2) is 0 Å². The fraction of sp³-hybridized carbons (Fsp3) is 0.350. The van der Waals surface area contributed by atoms with Crippen LogP contribution in [0, 0.1) is 0 Å². The summed E-state index contributed by atoms with van der Waals surface area (Å²) < 4.78 is 34.4. The molecule has 2 aromatic carbocycles. The van der Waals surface area contributed by atoms with Crippen molar-refractivity contribution in [1.82, 2.24) is 10.0 Å². The van der Waals surface area contributed by atoms with E-state index < -0.39 is 16.1 Å². The molecule has 1 fully saturated rings. The van der Waals surface area contributed by atoms with Crippen molar-refractivity contribution in [2.75, 3.05) is 13.2 Å². The molecular weight excluding hydrogens is 444 g/mol. The third kappa shape index (κ3) is 5.88. The van der Waals surface area contributed by atoms with Crippen LogP contribution in [0.2, 0.25) is 0 Å². The minimum absolute atomic E-state index is 0.00981. The molecule has 1 heterocycles. The van der Waals surface area contributed by atoms with Gasteiger partial charge in [-0.3, -0.25) is 4.79 Å². The Morgan fingerprint density at radius 2 is 1.86 bits per heavy atom. The highest BCUT2D eigenvalue weighted by Gasteiger charge is 2.27. The number of amides is 1. The molecule has 0 radical (unpaired) electrons. The molecule has 2 unspecified atom stereocenters. The van der Waals surface area contributed by atoms with Crippen LogP contribution in [-0.4, -0.2) is 39.6 Å². The number of carbonyl (C=O) groups excluding carboxylic acids is 1. The smallest absolute Gasteiger partial charge is 0.241 e. The number of hydrogen-bond acceptors (Lipinski definition) is 4. The zero-order valence-corrected chi connectivity index (χ0v) is 17.7. The Labute approximate surface area is 173 Å². The molecule has 2 atom stereocenters. The molecule has 0 bridgehead atoms. The Morgan fingerprint density at radius 3 is 2.50 bits per heavy atom. The summed E-state index contributed by atoms with van der Waals surface area (Å²) in [6, 6.07) is 14.7. The molecule has 0 aromatic heterocycles. The highest BCUT2D eigenvalue weighted by atomic mass is 79.9. The second kappa shape index (κ2) is 9.65. The Kier molecular flexibility index (Phi) is 7.23. The fourth-order valence-corrected chi connectivity index (χ4v) is 4.51. The number of hydrogen-bond donors (Lipinski definition) is 2. The second-order valence-corrected chi connectivity index (χ2v) is 9.33. The Bertz CT molecular complexity index is 882. The lowest BCUT2D eigenvalue weighted by Gasteiger charge is -2.20. The third-order valence-electron chi connectivity index (χ3n) is 4.55. The molecule has 1 aliphatic rings. The molecule has 28 heavy (non-hydrogen) atoms. The van der Waals surface area contributed by atoms with E-state index in [1.54, 1.807) is 12.1 Å². The van der Waals surface area contributed by atoms with E-state index in [2.05, 4.69) is 26.0 Å². The van der Waals surface area contributed by atoms with Gasteiger partial charge in [-0.25, -0.2) is 8.42 Å². The van der Waals surface area contributed by atoms with E-state index in [1.807, 2.05) is 30.3 Å². The zero-order valence-electron chi connectivity index (χ0n) is 15.3. The van der Waals surface area contributed by atoms with Gasteiger partial charge in [0.25, 0.3) is 0 Å². The molecule has 0 spiro atoms. The standard InChI is InChI=1S/C20H23BrN2O4S/c21-16-8-10-18(11-9-16)28(25,26)23-19(13-15-5-2-1-3-6-15)20(24)22-14-17-7-4-12-27-17/h1-3,5-6,8-11,17,19,23H,4,7,12-14H2,(H,22,24). The summed E-state index contributed by atoms with van der Waals surface area (Å²) >= 11 is 3.29. The number of sulfonamides is 1. The second-order valence-electron chi connectivity index (χ2n) is 6.70. The van der Waals surface area contributed by atoms with Gasteiger partial charge in [-0.15, -0.1) is 0 Å². The van der Waals surface area contributed by atoms with Crippen LogP contribution in [0.5, 0.6) is 0 Å². The van der Waals surface area contributed by atoms with Gasteiger partial charge in [0, 0.05) is 17.6 Å². The van der Waals surface area contributed by atoms with Crippen LogP contribution in [0.3, 0.4) is 0 Å². The molecular formula is C20H23BrN2O4S. The number of rotatable bonds is 8. The van der Waals surface area contributed by atoms with Crippen LogP contribution in [-0.2, 0) is 26.0 Å². The Hall–Kier alpha value is -1.74. The average molecular weight is 467 g/mol. The molecule has 2 aromatic rings. The van der Waals surface area contributed by atoms with Gasteiger partial charge in [0.05, 0.1) is 11.0 Å². The molecule has 0 saturated carbocycles. The number of nitrogens with one attached hydrogen (secondary N) is 2. The van der Waals surface area contributed by atoms with Gasteiger partial charge in [0.1, 0.15) is 6.04 Å². The van der Waals surface area contributed by atoms with E-state index in [4.69, 9.17) is 4.74 Å². The molecule has 1 saturated heterocycles. The van der Waals surface area contributed by atoms with E-state index in [9.17, 15) is 13.2 Å². The summed E-state index contributed by atoms with van der Waals surface area (Å²) in [6.07, 6.45) is 2.12. The lowest BCUT2D eigenvalue weighted by molar-refractivity contribution is -0.123. The predicted octanol–water partition coefficient (Wildman–Crippen LogP) is 2.63. The molecule has 2 N–H and O–H groups in total. The SMILES string of the molecule is O=C(NCC1CCCO1)C(Cc1ccccc1)NS(=O)(=O)c1ccc(Br)cc1. The summed E-state index contributed by atoms with van der Waals surface area (Å²) in [4.78, 5) is 12.9. The summed E-state index contributed by atoms with van der Waals surface area (Å²) in [5, 5.41) is 2.83. The van der Waals surface area contributed by atoms with Crippen molar-refractivity contribution < 1.29 is 17.9 Å². The predicted molar refractivity (Wildman–Crippen MR) is 110 cm³/mol. The Morgan fingerprint density at radius 1 is 1.14 bits per heavy atom. The molecule has 1 amide bonds. The summed E-state index contributed by atoms with van der Waals surface area (Å²) in [6.45, 7) is 1.08. The van der Waals surface area contributed by atoms with E-state index in [-0.39, 0.29) is 23.3 Å². The lowest BCUT2D eigenvalue weighted by atomic mass is 10.1. The summed E-state index contributed by atoms with van der Waals surface area (Å²) in [7, 11) is -3.84. The topological polar surface area (TPSA) is 84.5 Å². The molecule has 6 nitrogen and oxygen atoms in total. The van der Waals surface area contributed by atoms with Gasteiger partial charge < -0.3 is 10.1 Å². The first-order valence-electron chi connectivity index (χ1n) is 9.15. The first-order chi connectivity index (χ1) is 13.4. The van der Waals surface area contributed by atoms with Crippen molar-refractivity contribution in [3.8, 4) is 0 Å². The maximum absolute atomic E-state index is 12.8. The zero-order chi connectivity index (χ0) is 20.0. The van der Waals surface area contributed by atoms with Crippen molar-refractivity contribution in [2.24, 2.45) is 0 Å². The monoisotopic (exact) mass is 466 g/mol. The minimum Gasteiger partial charge on any atom is -0.376 e. The number of carbonyl (C=O) groups is 1. The van der Waals surface area contributed by atoms with Crippen LogP contribution >= 0.6 is 15.9 Å². The third-order valence-corrected chi connectivity index (χ3v) is 6.56. The molecule has 1 aliphatic heterocycles. The largest absolute Gasteiger partial charge is 0.376 e. The summed E-state index contributed by atoms with van der Waals surface area (Å²) in [5.41, 5.74) is 0.873. The van der Waals surface area contributed by atoms with Crippen LogP contribution in [0.25, 0.3) is 0 Å². The van der Waals surface area contributed by atoms with Gasteiger partial charge in [-0.05, 0) is 49.1 Å². The minimum atomic E-state index is -3.84. The van der Waals surface area contributed by atoms with Crippen molar-refractivity contribution in [3.63, 3.8) is 0 Å². The maximum Gasteiger partial charge on any atom is 0.241 e. The highest BCUT2D eigenvalue weighted by molar-refractivity contribution is 9.10.